The molecular formula is C29H25BrN2O6S2. The fourth-order valence-electron chi connectivity index (χ4n) is 4.53. The monoisotopic (exact) mass is 640 g/mol. The SMILES string of the molecule is O=C(Cc1cccs1)NC1C(=O)N2C(C(=O)OC(c3ccccc3)c3ccccc3)=C(C(=O)OCCBr)CS[C@@H]12. The average Bonchev–Trinajstić information content (AvgIpc) is 3.50. The number of nitrogens with one attached hydrogen (secondary N) is 1. The van der Waals surface area contributed by atoms with Gasteiger partial charge in [0.05, 0.1) is 12.0 Å². The molecule has 2 aromatic carbocycles. The first kappa shape index (κ1) is 28.1. The van der Waals surface area contributed by atoms with Crippen LogP contribution in [0.15, 0.2) is 89.4 Å². The van der Waals surface area contributed by atoms with Crippen molar-refractivity contribution in [3.8, 4) is 0 Å². The van der Waals surface area contributed by atoms with E-state index in [2.05, 4.69) is 21.2 Å². The Labute approximate surface area is 247 Å². The molecule has 0 radical (unpaired) electrons. The van der Waals surface area contributed by atoms with Crippen LogP contribution in [0.1, 0.15) is 22.1 Å². The maximum atomic E-state index is 13.8. The van der Waals surface area contributed by atoms with Crippen LogP contribution in [0.2, 0.25) is 0 Å². The van der Waals surface area contributed by atoms with Gasteiger partial charge in [0.1, 0.15) is 23.7 Å². The molecule has 3 heterocycles. The Balaban J connectivity index is 1.42. The number of nitrogens with zero attached hydrogens (tertiary/aromatic N) is 1. The molecule has 206 valence electrons. The fraction of sp³-hybridized carbons (Fsp3) is 0.241. The summed E-state index contributed by atoms with van der Waals surface area (Å²) in [4.78, 5) is 54.9. The standard InChI is InChI=1S/C29H25BrN2O6S2/c30-13-14-37-28(35)21-17-40-27-23(31-22(33)16-20-12-7-15-39-20)26(34)32(27)24(21)29(36)38-25(18-8-3-1-4-9-18)19-10-5-2-6-11-19/h1-12,15,23,25,27H,13-14,16-17H2,(H,31,33)/t23?,27-/m0/s1. The summed E-state index contributed by atoms with van der Waals surface area (Å²) in [5.41, 5.74) is 1.39. The Morgan fingerprint density at radius 3 is 2.25 bits per heavy atom. The van der Waals surface area contributed by atoms with Gasteiger partial charge in [-0.25, -0.2) is 9.59 Å². The van der Waals surface area contributed by atoms with E-state index in [0.717, 1.165) is 16.0 Å². The second-order valence-electron chi connectivity index (χ2n) is 8.97. The number of carbonyl (C=O) groups is 4. The molecule has 2 aliphatic heterocycles. The van der Waals surface area contributed by atoms with E-state index in [1.165, 1.54) is 28.0 Å². The van der Waals surface area contributed by atoms with Crippen molar-refractivity contribution in [3.05, 3.63) is 105 Å². The van der Waals surface area contributed by atoms with E-state index in [4.69, 9.17) is 9.47 Å². The van der Waals surface area contributed by atoms with Crippen molar-refractivity contribution >= 4 is 62.8 Å². The molecule has 0 aliphatic carbocycles. The number of fused-ring (bicyclic) bond motifs is 1. The van der Waals surface area contributed by atoms with Gasteiger partial charge in [0.15, 0.2) is 6.10 Å². The molecule has 0 spiro atoms. The van der Waals surface area contributed by atoms with Gasteiger partial charge in [-0.1, -0.05) is 82.7 Å². The zero-order valence-corrected chi connectivity index (χ0v) is 24.4. The molecule has 11 heteroatoms. The molecule has 1 saturated heterocycles. The summed E-state index contributed by atoms with van der Waals surface area (Å²) in [6.07, 6.45) is -0.614. The first-order valence-electron chi connectivity index (χ1n) is 12.5. The first-order valence-corrected chi connectivity index (χ1v) is 15.6. The van der Waals surface area contributed by atoms with Gasteiger partial charge in [0.25, 0.3) is 5.91 Å². The summed E-state index contributed by atoms with van der Waals surface area (Å²) >= 11 is 5.98. The zero-order valence-electron chi connectivity index (χ0n) is 21.2. The minimum Gasteiger partial charge on any atom is -0.461 e. The van der Waals surface area contributed by atoms with Gasteiger partial charge < -0.3 is 14.8 Å². The third-order valence-electron chi connectivity index (χ3n) is 6.38. The normalized spacial score (nSPS) is 18.1. The molecule has 40 heavy (non-hydrogen) atoms. The number of β-lactam (4-membered cyclic amide) rings is 1. The van der Waals surface area contributed by atoms with Gasteiger partial charge >= 0.3 is 11.9 Å². The lowest BCUT2D eigenvalue weighted by atomic mass is 10.0. The van der Waals surface area contributed by atoms with E-state index in [9.17, 15) is 19.2 Å². The van der Waals surface area contributed by atoms with Gasteiger partial charge in [-0.2, -0.15) is 0 Å². The first-order chi connectivity index (χ1) is 19.5. The van der Waals surface area contributed by atoms with Crippen LogP contribution in [0.5, 0.6) is 0 Å². The number of hydrogen-bond acceptors (Lipinski definition) is 8. The van der Waals surface area contributed by atoms with Crippen LogP contribution < -0.4 is 5.32 Å². The molecular weight excluding hydrogens is 616 g/mol. The Morgan fingerprint density at radius 1 is 0.975 bits per heavy atom. The summed E-state index contributed by atoms with van der Waals surface area (Å²) in [5, 5.41) is 4.54. The molecule has 1 aromatic heterocycles. The molecule has 5 rings (SSSR count). The van der Waals surface area contributed by atoms with Crippen LogP contribution in [0.25, 0.3) is 0 Å². The van der Waals surface area contributed by atoms with Gasteiger partial charge in [-0.05, 0) is 22.6 Å². The number of esters is 2. The number of benzene rings is 2. The summed E-state index contributed by atoms with van der Waals surface area (Å²) < 4.78 is 11.3. The third kappa shape index (κ3) is 6.01. The smallest absolute Gasteiger partial charge is 0.356 e. The highest BCUT2D eigenvalue weighted by atomic mass is 79.9. The minimum absolute atomic E-state index is 0.0591. The Hall–Kier alpha value is -3.41. The molecule has 2 amide bonds. The predicted octanol–water partition coefficient (Wildman–Crippen LogP) is 4.22. The Kier molecular flexibility index (Phi) is 9.03. The van der Waals surface area contributed by atoms with Crippen LogP contribution in [0.3, 0.4) is 0 Å². The lowest BCUT2D eigenvalue weighted by molar-refractivity contribution is -0.155. The molecule has 1 unspecified atom stereocenters. The number of ether oxygens (including phenoxy) is 2. The molecule has 1 fully saturated rings. The maximum absolute atomic E-state index is 13.8. The largest absolute Gasteiger partial charge is 0.461 e. The van der Waals surface area contributed by atoms with Crippen LogP contribution in [0.4, 0.5) is 0 Å². The lowest BCUT2D eigenvalue weighted by Crippen LogP contribution is -2.71. The number of hydrogen-bond donors (Lipinski definition) is 1. The molecule has 2 aliphatic rings. The van der Waals surface area contributed by atoms with E-state index in [0.29, 0.717) is 5.33 Å². The van der Waals surface area contributed by atoms with Gasteiger partial charge in [-0.3, -0.25) is 14.5 Å². The summed E-state index contributed by atoms with van der Waals surface area (Å²) in [7, 11) is 0. The number of halogens is 1. The zero-order chi connectivity index (χ0) is 28.1. The fourth-order valence-corrected chi connectivity index (χ4v) is 6.72. The molecule has 8 nitrogen and oxygen atoms in total. The maximum Gasteiger partial charge on any atom is 0.356 e. The topological polar surface area (TPSA) is 102 Å². The van der Waals surface area contributed by atoms with Crippen LogP contribution in [0, 0.1) is 0 Å². The van der Waals surface area contributed by atoms with Gasteiger partial charge in [-0.15, -0.1) is 23.1 Å². The molecule has 1 N–H and O–H groups in total. The summed E-state index contributed by atoms with van der Waals surface area (Å²) in [5.74, 6) is -2.15. The van der Waals surface area contributed by atoms with Crippen molar-refractivity contribution in [2.75, 3.05) is 17.7 Å². The van der Waals surface area contributed by atoms with E-state index in [-0.39, 0.29) is 36.0 Å². The van der Waals surface area contributed by atoms with Crippen molar-refractivity contribution in [2.45, 2.75) is 23.9 Å². The van der Waals surface area contributed by atoms with E-state index < -0.39 is 35.4 Å². The lowest BCUT2D eigenvalue weighted by Gasteiger charge is -2.49. The highest BCUT2D eigenvalue weighted by Gasteiger charge is 2.55. The Morgan fingerprint density at radius 2 is 1.65 bits per heavy atom. The summed E-state index contributed by atoms with van der Waals surface area (Å²) in [6, 6.07) is 21.4. The van der Waals surface area contributed by atoms with Crippen molar-refractivity contribution in [2.24, 2.45) is 0 Å². The molecule has 2 atom stereocenters. The van der Waals surface area contributed by atoms with Crippen molar-refractivity contribution in [1.82, 2.24) is 10.2 Å². The average molecular weight is 642 g/mol. The second-order valence-corrected chi connectivity index (χ2v) is 11.9. The quantitative estimate of drug-likeness (QED) is 0.201. The number of thioether (sulfide) groups is 1. The van der Waals surface area contributed by atoms with E-state index in [1.54, 1.807) is 0 Å². The van der Waals surface area contributed by atoms with E-state index in [1.807, 2.05) is 78.2 Å². The van der Waals surface area contributed by atoms with Crippen molar-refractivity contribution in [3.63, 3.8) is 0 Å². The van der Waals surface area contributed by atoms with Gasteiger partial charge in [0.2, 0.25) is 5.91 Å². The molecule has 0 saturated carbocycles. The van der Waals surface area contributed by atoms with Crippen molar-refractivity contribution < 1.29 is 28.7 Å². The number of rotatable bonds is 10. The minimum atomic E-state index is -0.820. The number of carbonyl (C=O) groups excluding carboxylic acids is 4. The number of thiophene rings is 1. The number of alkyl halides is 1. The predicted molar refractivity (Wildman–Crippen MR) is 156 cm³/mol. The van der Waals surface area contributed by atoms with Gasteiger partial charge in [0, 0.05) is 16.0 Å². The highest BCUT2D eigenvalue weighted by molar-refractivity contribution is 9.09. The van der Waals surface area contributed by atoms with Crippen LogP contribution in [-0.2, 0) is 35.1 Å². The van der Waals surface area contributed by atoms with Crippen molar-refractivity contribution in [1.29, 1.82) is 0 Å². The third-order valence-corrected chi connectivity index (χ3v) is 8.86. The van der Waals surface area contributed by atoms with Crippen LogP contribution >= 0.6 is 39.0 Å². The molecule has 0 bridgehead atoms. The number of amides is 2. The van der Waals surface area contributed by atoms with E-state index >= 15 is 0 Å². The van der Waals surface area contributed by atoms with Crippen LogP contribution in [-0.4, -0.2) is 57.8 Å². The Bertz CT molecular complexity index is 1380. The summed E-state index contributed by atoms with van der Waals surface area (Å²) in [6.45, 7) is 0.102. The second kappa shape index (κ2) is 12.8. The highest BCUT2D eigenvalue weighted by Crippen LogP contribution is 2.42. The molecule has 3 aromatic rings.